The van der Waals surface area contributed by atoms with Crippen LogP contribution in [-0.4, -0.2) is 162 Å². The second kappa shape index (κ2) is 24.5. The maximum Gasteiger partial charge on any atom is 0.261 e. The summed E-state index contributed by atoms with van der Waals surface area (Å²) in [7, 11) is -5.13. The lowest BCUT2D eigenvalue weighted by atomic mass is 9.73. The second-order valence-corrected chi connectivity index (χ2v) is 41.6. The summed E-state index contributed by atoms with van der Waals surface area (Å²) in [6, 6.07) is 21.7. The van der Waals surface area contributed by atoms with Gasteiger partial charge in [0.05, 0.1) is 127 Å². The number of rotatable bonds is 14. The van der Waals surface area contributed by atoms with Crippen molar-refractivity contribution in [3.8, 4) is 0 Å². The normalized spacial score (nSPS) is 44.1. The van der Waals surface area contributed by atoms with E-state index in [2.05, 4.69) is 183 Å². The fraction of sp³-hybridized carbons (Fsp3) is 0.730. The molecule has 0 N–H and O–H groups in total. The third-order valence-corrected chi connectivity index (χ3v) is 33.3. The zero-order valence-corrected chi connectivity index (χ0v) is 58.7. The van der Waals surface area contributed by atoms with Crippen LogP contribution in [-0.2, 0) is 61.0 Å². The van der Waals surface area contributed by atoms with Crippen molar-refractivity contribution in [3.05, 3.63) is 110 Å². The molecule has 89 heavy (non-hydrogen) atoms. The molecule has 492 valence electrons. The summed E-state index contributed by atoms with van der Waals surface area (Å²) in [5.74, 6) is 0.202. The number of hydrogen-bond donors (Lipinski definition) is 0. The number of hydrogen-bond acceptors (Lipinski definition) is 13. The van der Waals surface area contributed by atoms with Crippen LogP contribution in [0.2, 0.25) is 23.2 Å². The number of ether oxygens (including phenoxy) is 11. The Morgan fingerprint density at radius 1 is 0.663 bits per heavy atom. The van der Waals surface area contributed by atoms with Gasteiger partial charge in [-0.05, 0) is 119 Å². The van der Waals surface area contributed by atoms with E-state index in [1.165, 1.54) is 15.9 Å². The molecule has 2 aromatic carbocycles. The molecule has 12 rings (SSSR count). The van der Waals surface area contributed by atoms with Crippen LogP contribution in [0.1, 0.15) is 167 Å². The summed E-state index contributed by atoms with van der Waals surface area (Å²) < 4.78 is 94.4. The first-order valence-corrected chi connectivity index (χ1v) is 39.0. The summed E-state index contributed by atoms with van der Waals surface area (Å²) in [6.45, 7) is 48.6. The van der Waals surface area contributed by atoms with Gasteiger partial charge in [-0.15, -0.1) is 13.2 Å². The molecule has 0 aromatic heterocycles. The van der Waals surface area contributed by atoms with Crippen LogP contribution < -0.4 is 10.4 Å². The number of fused-ring (bicyclic) bond motifs is 8. The maximum absolute atomic E-state index is 7.58. The van der Waals surface area contributed by atoms with E-state index < -0.39 is 50.7 Å². The van der Waals surface area contributed by atoms with Crippen LogP contribution in [0.4, 0.5) is 0 Å². The van der Waals surface area contributed by atoms with E-state index in [4.69, 9.17) is 67.5 Å². The largest absolute Gasteiger partial charge is 0.411 e. The quantitative estimate of drug-likeness (QED) is 0.132. The van der Waals surface area contributed by atoms with Crippen molar-refractivity contribution in [2.45, 2.75) is 322 Å². The molecular weight excluding hydrogens is 1150 g/mol. The Kier molecular flexibility index (Phi) is 18.3. The van der Waals surface area contributed by atoms with Gasteiger partial charge in [-0.25, -0.2) is 0 Å². The molecule has 0 unspecified atom stereocenters. The molecule has 0 amide bonds. The molecule has 10 heterocycles. The zero-order valence-electron chi connectivity index (χ0n) is 56.7. The van der Waals surface area contributed by atoms with Crippen molar-refractivity contribution in [1.29, 1.82) is 0 Å². The van der Waals surface area contributed by atoms with Crippen molar-refractivity contribution in [2.75, 3.05) is 13.2 Å². The van der Waals surface area contributed by atoms with Crippen molar-refractivity contribution in [2.24, 2.45) is 5.92 Å². The molecule has 13 nitrogen and oxygen atoms in total. The van der Waals surface area contributed by atoms with Crippen LogP contribution in [0.15, 0.2) is 110 Å². The molecule has 10 aliphatic rings. The highest BCUT2D eigenvalue weighted by atomic mass is 28.4. The van der Waals surface area contributed by atoms with Gasteiger partial charge in [-0.1, -0.05) is 140 Å². The summed E-state index contributed by atoms with van der Waals surface area (Å²) in [6.07, 6.45) is 11.3. The molecular formula is C74H110O13Si2. The highest BCUT2D eigenvalue weighted by Crippen LogP contribution is 2.56. The van der Waals surface area contributed by atoms with E-state index >= 15 is 0 Å². The van der Waals surface area contributed by atoms with Crippen LogP contribution in [0.5, 0.6) is 0 Å². The Morgan fingerprint density at radius 3 is 2.00 bits per heavy atom. The Morgan fingerprint density at radius 2 is 1.34 bits per heavy atom. The summed E-state index contributed by atoms with van der Waals surface area (Å²) in [4.78, 5) is 0. The lowest BCUT2D eigenvalue weighted by molar-refractivity contribution is -0.355. The van der Waals surface area contributed by atoms with Gasteiger partial charge in [-0.3, -0.25) is 0 Å². The lowest BCUT2D eigenvalue weighted by Crippen LogP contribution is -2.70. The van der Waals surface area contributed by atoms with Gasteiger partial charge in [0.1, 0.15) is 17.8 Å². The lowest BCUT2D eigenvalue weighted by Gasteiger charge is -2.60. The fourth-order valence-electron chi connectivity index (χ4n) is 17.6. The fourth-order valence-corrected chi connectivity index (χ4v) is 23.5. The summed E-state index contributed by atoms with van der Waals surface area (Å²) >= 11 is 0. The molecule has 2 aromatic rings. The SMILES string of the molecule is C=CC[C@@]1(C)O[C@@H]2C[C@@H]3O[C@@H]4[C@H](C)C[C@@H]5O[C@@H]6C[C@@H]7OCC=C(C)[C@H]7O[C@@]6(C)C[C@H]5O[C@H]4CC[C@@]3(C)O[C@@]2(C)C[C@H]1O[C@H]1C[C@H]2O[C@]3(C)[C@@H](O[Si](C)(C)C(C)(C)C)C[C@@H](CC(=C)CO[Si](c4ccccc4)(c4ccccc4)C(C)(C)C)O[C@@H]3C[C@H]2O[C@@H]1C=C. The zero-order chi connectivity index (χ0) is 63.5. The smallest absolute Gasteiger partial charge is 0.261 e. The van der Waals surface area contributed by atoms with E-state index in [0.29, 0.717) is 58.2 Å². The average molecular weight is 1260 g/mol. The minimum Gasteiger partial charge on any atom is -0.411 e. The van der Waals surface area contributed by atoms with Crippen LogP contribution in [0, 0.1) is 5.92 Å². The molecule has 23 atom stereocenters. The average Bonchev–Trinajstić information content (AvgIpc) is 1.59. The number of benzene rings is 2. The topological polar surface area (TPSA) is 120 Å². The van der Waals surface area contributed by atoms with Crippen molar-refractivity contribution in [3.63, 3.8) is 0 Å². The predicted molar refractivity (Wildman–Crippen MR) is 353 cm³/mol. The standard InChI is InChI=1S/C74H110O13Si2/c1-19-33-70(12)65(44-73(15)62(84-70)42-61-71(13,87-73)34-31-53-66(82-61)48(5)37-54-59(79-53)43-72(14)60(80-54)41-58-67(85-72)47(4)32-35-75-58)81-55-39-57-56(78-52(55)20-2)40-63-74(16,83-57)64(86-88(17,18)68(6,7)8)38-49(77-63)36-46(3)45-76-89(69(9,10)11,50-27-23-21-24-28-50)51-29-25-22-26-30-51/h19-30,32,48-49,52-67H,1-3,31,33-45H2,4-18H3/t48-,49-,52-,53+,54+,55+,56-,57-,58+,59-,60-,61+,62-,63-,64+,65-,66-,67-,70-,71-,72+,73+,74+/m1/s1. The van der Waals surface area contributed by atoms with E-state index in [-0.39, 0.29) is 114 Å². The molecule has 9 fully saturated rings. The van der Waals surface area contributed by atoms with Gasteiger partial charge in [0.25, 0.3) is 8.32 Å². The Hall–Kier alpha value is -2.69. The predicted octanol–water partition coefficient (Wildman–Crippen LogP) is 13.2. The third-order valence-electron chi connectivity index (χ3n) is 23.8. The first kappa shape index (κ1) is 66.3. The first-order valence-electron chi connectivity index (χ1n) is 34.2. The van der Waals surface area contributed by atoms with Crippen molar-refractivity contribution >= 4 is 27.0 Å². The minimum atomic E-state index is -2.80. The molecule has 0 aliphatic carbocycles. The summed E-state index contributed by atoms with van der Waals surface area (Å²) in [5.41, 5.74) is -0.964. The van der Waals surface area contributed by atoms with Gasteiger partial charge >= 0.3 is 0 Å². The van der Waals surface area contributed by atoms with E-state index in [0.717, 1.165) is 37.7 Å². The van der Waals surface area contributed by atoms with E-state index in [1.807, 2.05) is 12.2 Å². The minimum absolute atomic E-state index is 0.0136. The van der Waals surface area contributed by atoms with Crippen molar-refractivity contribution < 1.29 is 61.0 Å². The maximum atomic E-state index is 7.58. The van der Waals surface area contributed by atoms with Crippen LogP contribution in [0.25, 0.3) is 0 Å². The Labute approximate surface area is 536 Å². The van der Waals surface area contributed by atoms with Gasteiger partial charge in [0.15, 0.2) is 8.32 Å². The first-order chi connectivity index (χ1) is 41.9. The Bertz CT molecular complexity index is 2850. The molecule has 0 radical (unpaired) electrons. The molecule has 0 spiro atoms. The molecule has 10 aliphatic heterocycles. The molecule has 0 saturated carbocycles. The molecule has 15 heteroatoms. The molecule has 0 bridgehead atoms. The van der Waals surface area contributed by atoms with Crippen molar-refractivity contribution in [1.82, 2.24) is 0 Å². The highest BCUT2D eigenvalue weighted by Gasteiger charge is 2.65. The van der Waals surface area contributed by atoms with Gasteiger partial charge in [0, 0.05) is 44.9 Å². The van der Waals surface area contributed by atoms with E-state index in [1.54, 1.807) is 0 Å². The van der Waals surface area contributed by atoms with Gasteiger partial charge in [-0.2, -0.15) is 0 Å². The second-order valence-electron chi connectivity index (χ2n) is 32.5. The summed E-state index contributed by atoms with van der Waals surface area (Å²) in [5, 5.41) is 2.32. The van der Waals surface area contributed by atoms with E-state index in [9.17, 15) is 0 Å². The molecule has 9 saturated heterocycles. The van der Waals surface area contributed by atoms with Crippen LogP contribution >= 0.6 is 0 Å². The third kappa shape index (κ3) is 12.3. The highest BCUT2D eigenvalue weighted by molar-refractivity contribution is 6.99. The van der Waals surface area contributed by atoms with Gasteiger partial charge in [0.2, 0.25) is 0 Å². The van der Waals surface area contributed by atoms with Gasteiger partial charge < -0.3 is 61.0 Å². The van der Waals surface area contributed by atoms with Crippen LogP contribution in [0.3, 0.4) is 0 Å². The Balaban J connectivity index is 0.737. The monoisotopic (exact) mass is 1260 g/mol.